The van der Waals surface area contributed by atoms with Gasteiger partial charge in [-0.25, -0.2) is 0 Å². The van der Waals surface area contributed by atoms with Gasteiger partial charge in [0.25, 0.3) is 0 Å². The molecule has 0 amide bonds. The zero-order valence-corrected chi connectivity index (χ0v) is 12.3. The molecule has 1 N–H and O–H groups in total. The molecule has 2 aromatic rings. The molecule has 1 heterocycles. The van der Waals surface area contributed by atoms with Gasteiger partial charge < -0.3 is 14.8 Å². The lowest BCUT2D eigenvalue weighted by Crippen LogP contribution is -2.13. The first-order valence-electron chi connectivity index (χ1n) is 7.40. The van der Waals surface area contributed by atoms with Crippen LogP contribution >= 0.6 is 0 Å². The Kier molecular flexibility index (Phi) is 4.65. The summed E-state index contributed by atoms with van der Waals surface area (Å²) in [5.41, 5.74) is 5.04. The minimum atomic E-state index is -0.182. The Morgan fingerprint density at radius 3 is 2.38 bits per heavy atom. The lowest BCUT2D eigenvalue weighted by Gasteiger charge is -2.11. The Hall–Kier alpha value is -1.68. The van der Waals surface area contributed by atoms with Gasteiger partial charge in [0.15, 0.2) is 6.29 Å². The van der Waals surface area contributed by atoms with Gasteiger partial charge in [-0.15, -0.1) is 0 Å². The van der Waals surface area contributed by atoms with Crippen molar-refractivity contribution in [1.29, 1.82) is 0 Å². The molecule has 0 aromatic heterocycles. The monoisotopic (exact) mass is 283 g/mol. The van der Waals surface area contributed by atoms with Crippen molar-refractivity contribution in [3.63, 3.8) is 0 Å². The molecule has 0 aliphatic carbocycles. The second-order valence-electron chi connectivity index (χ2n) is 5.35. The van der Waals surface area contributed by atoms with Crippen LogP contribution in [0.15, 0.2) is 48.5 Å². The van der Waals surface area contributed by atoms with E-state index in [0.717, 1.165) is 18.7 Å². The largest absolute Gasteiger partial charge is 0.346 e. The summed E-state index contributed by atoms with van der Waals surface area (Å²) in [5, 5.41) is 3.49. The topological polar surface area (TPSA) is 30.5 Å². The van der Waals surface area contributed by atoms with E-state index in [1.807, 2.05) is 0 Å². The van der Waals surface area contributed by atoms with Crippen molar-refractivity contribution in [3.8, 4) is 0 Å². The fourth-order valence-corrected chi connectivity index (χ4v) is 2.49. The number of aryl methyl sites for hydroxylation is 1. The van der Waals surface area contributed by atoms with Crippen LogP contribution in [0, 0.1) is 6.92 Å². The van der Waals surface area contributed by atoms with E-state index in [1.54, 1.807) is 0 Å². The smallest absolute Gasteiger partial charge is 0.184 e. The fraction of sp³-hybridized carbons (Fsp3) is 0.333. The van der Waals surface area contributed by atoms with Crippen LogP contribution in [0.25, 0.3) is 0 Å². The zero-order valence-electron chi connectivity index (χ0n) is 12.3. The van der Waals surface area contributed by atoms with E-state index in [4.69, 9.17) is 9.47 Å². The Labute approximate surface area is 125 Å². The van der Waals surface area contributed by atoms with Crippen molar-refractivity contribution in [2.45, 2.75) is 26.3 Å². The maximum Gasteiger partial charge on any atom is 0.184 e. The minimum absolute atomic E-state index is 0.182. The van der Waals surface area contributed by atoms with Gasteiger partial charge in [0.05, 0.1) is 13.2 Å². The highest BCUT2D eigenvalue weighted by atomic mass is 16.7. The molecular weight excluding hydrogens is 262 g/mol. The molecule has 3 heteroatoms. The highest BCUT2D eigenvalue weighted by Gasteiger charge is 2.17. The highest BCUT2D eigenvalue weighted by Crippen LogP contribution is 2.23. The van der Waals surface area contributed by atoms with E-state index in [0.29, 0.717) is 13.2 Å². The van der Waals surface area contributed by atoms with Crippen LogP contribution in [0.4, 0.5) is 0 Å². The SMILES string of the molecule is Cc1ccccc1CNCc1ccc(C2OCCO2)cc1. The lowest BCUT2D eigenvalue weighted by atomic mass is 10.1. The molecule has 1 aliphatic heterocycles. The van der Waals surface area contributed by atoms with E-state index in [-0.39, 0.29) is 6.29 Å². The lowest BCUT2D eigenvalue weighted by molar-refractivity contribution is -0.0441. The van der Waals surface area contributed by atoms with Gasteiger partial charge in [-0.3, -0.25) is 0 Å². The van der Waals surface area contributed by atoms with Crippen molar-refractivity contribution < 1.29 is 9.47 Å². The summed E-state index contributed by atoms with van der Waals surface area (Å²) in [6.07, 6.45) is -0.182. The fourth-order valence-electron chi connectivity index (χ4n) is 2.49. The van der Waals surface area contributed by atoms with E-state index < -0.39 is 0 Å². The summed E-state index contributed by atoms with van der Waals surface area (Å²) in [6.45, 7) is 5.27. The van der Waals surface area contributed by atoms with E-state index in [2.05, 4.69) is 60.8 Å². The van der Waals surface area contributed by atoms with Crippen LogP contribution in [0.3, 0.4) is 0 Å². The predicted octanol–water partition coefficient (Wildman–Crippen LogP) is 3.33. The van der Waals surface area contributed by atoms with Gasteiger partial charge in [-0.1, -0.05) is 48.5 Å². The van der Waals surface area contributed by atoms with Gasteiger partial charge in [0, 0.05) is 18.7 Å². The van der Waals surface area contributed by atoms with Crippen molar-refractivity contribution in [3.05, 3.63) is 70.8 Å². The highest BCUT2D eigenvalue weighted by molar-refractivity contribution is 5.26. The van der Waals surface area contributed by atoms with Crippen LogP contribution in [-0.2, 0) is 22.6 Å². The first-order chi connectivity index (χ1) is 10.3. The third-order valence-corrected chi connectivity index (χ3v) is 3.78. The van der Waals surface area contributed by atoms with Crippen molar-refractivity contribution >= 4 is 0 Å². The van der Waals surface area contributed by atoms with Crippen LogP contribution < -0.4 is 5.32 Å². The van der Waals surface area contributed by atoms with Gasteiger partial charge in [0.1, 0.15) is 0 Å². The molecule has 1 aliphatic rings. The molecule has 3 nitrogen and oxygen atoms in total. The Morgan fingerprint density at radius 1 is 0.952 bits per heavy atom. The molecule has 0 radical (unpaired) electrons. The summed E-state index contributed by atoms with van der Waals surface area (Å²) in [7, 11) is 0. The standard InChI is InChI=1S/C18H21NO2/c1-14-4-2-3-5-17(14)13-19-12-15-6-8-16(9-7-15)18-20-10-11-21-18/h2-9,18-19H,10-13H2,1H3. The second-order valence-corrected chi connectivity index (χ2v) is 5.35. The van der Waals surface area contributed by atoms with Crippen molar-refractivity contribution in [2.24, 2.45) is 0 Å². The van der Waals surface area contributed by atoms with Crippen LogP contribution in [0.2, 0.25) is 0 Å². The third kappa shape index (κ3) is 3.70. The third-order valence-electron chi connectivity index (χ3n) is 3.78. The van der Waals surface area contributed by atoms with E-state index >= 15 is 0 Å². The molecule has 3 rings (SSSR count). The van der Waals surface area contributed by atoms with Crippen LogP contribution in [-0.4, -0.2) is 13.2 Å². The Balaban J connectivity index is 1.52. The first kappa shape index (κ1) is 14.3. The van der Waals surface area contributed by atoms with Crippen LogP contribution in [0.5, 0.6) is 0 Å². The Morgan fingerprint density at radius 2 is 1.67 bits per heavy atom. The normalized spacial score (nSPS) is 15.5. The van der Waals surface area contributed by atoms with Gasteiger partial charge >= 0.3 is 0 Å². The minimum Gasteiger partial charge on any atom is -0.346 e. The molecule has 1 fully saturated rings. The number of ether oxygens (including phenoxy) is 2. The average Bonchev–Trinajstić information content (AvgIpc) is 3.04. The number of rotatable bonds is 5. The predicted molar refractivity (Wildman–Crippen MR) is 82.8 cm³/mol. The van der Waals surface area contributed by atoms with Gasteiger partial charge in [-0.05, 0) is 23.6 Å². The number of hydrogen-bond donors (Lipinski definition) is 1. The summed E-state index contributed by atoms with van der Waals surface area (Å²) >= 11 is 0. The molecule has 0 bridgehead atoms. The number of nitrogens with one attached hydrogen (secondary N) is 1. The van der Waals surface area contributed by atoms with E-state index in [9.17, 15) is 0 Å². The second kappa shape index (κ2) is 6.85. The molecule has 0 atom stereocenters. The quantitative estimate of drug-likeness (QED) is 0.913. The summed E-state index contributed by atoms with van der Waals surface area (Å²) < 4.78 is 11.0. The molecule has 0 unspecified atom stereocenters. The molecule has 0 saturated carbocycles. The molecule has 1 saturated heterocycles. The maximum absolute atomic E-state index is 5.49. The molecule has 2 aromatic carbocycles. The van der Waals surface area contributed by atoms with Crippen molar-refractivity contribution in [1.82, 2.24) is 5.32 Å². The maximum atomic E-state index is 5.49. The molecule has 0 spiro atoms. The van der Waals surface area contributed by atoms with Gasteiger partial charge in [-0.2, -0.15) is 0 Å². The molecule has 110 valence electrons. The number of hydrogen-bond acceptors (Lipinski definition) is 3. The number of benzene rings is 2. The zero-order chi connectivity index (χ0) is 14.5. The molecule has 21 heavy (non-hydrogen) atoms. The summed E-state index contributed by atoms with van der Waals surface area (Å²) in [6, 6.07) is 16.9. The first-order valence-corrected chi connectivity index (χ1v) is 7.40. The van der Waals surface area contributed by atoms with Crippen LogP contribution in [0.1, 0.15) is 28.5 Å². The van der Waals surface area contributed by atoms with Crippen molar-refractivity contribution in [2.75, 3.05) is 13.2 Å². The molecular formula is C18H21NO2. The van der Waals surface area contributed by atoms with E-state index in [1.165, 1.54) is 16.7 Å². The average molecular weight is 283 g/mol. The summed E-state index contributed by atoms with van der Waals surface area (Å²) in [4.78, 5) is 0. The summed E-state index contributed by atoms with van der Waals surface area (Å²) in [5.74, 6) is 0. The Bertz CT molecular complexity index is 574. The van der Waals surface area contributed by atoms with Gasteiger partial charge in [0.2, 0.25) is 0 Å².